The van der Waals surface area contributed by atoms with E-state index in [1.54, 1.807) is 13.3 Å². The zero-order chi connectivity index (χ0) is 23.7. The lowest BCUT2D eigenvalue weighted by Crippen LogP contribution is -2.22. The van der Waals surface area contributed by atoms with E-state index in [1.165, 1.54) is 23.6 Å². The molecular weight excluding hydrogens is 539 g/mol. The summed E-state index contributed by atoms with van der Waals surface area (Å²) < 4.78 is 12.7. The van der Waals surface area contributed by atoms with Gasteiger partial charge in [0.1, 0.15) is 6.61 Å². The average molecular weight is 568 g/mol. The van der Waals surface area contributed by atoms with Gasteiger partial charge >= 0.3 is 0 Å². The number of fused-ring (bicyclic) bond motifs is 2. The Morgan fingerprint density at radius 2 is 2.03 bits per heavy atom. The lowest BCUT2D eigenvalue weighted by atomic mass is 9.90. The van der Waals surface area contributed by atoms with Crippen LogP contribution in [-0.4, -0.2) is 19.2 Å². The summed E-state index contributed by atoms with van der Waals surface area (Å²) >= 11 is 2.25. The predicted octanol–water partition coefficient (Wildman–Crippen LogP) is 6.31. The second-order valence-corrected chi connectivity index (χ2v) is 10.7. The van der Waals surface area contributed by atoms with Crippen molar-refractivity contribution in [2.45, 2.75) is 39.2 Å². The molecule has 2 aliphatic rings. The van der Waals surface area contributed by atoms with Gasteiger partial charge in [0.15, 0.2) is 11.5 Å². The molecule has 0 heterocycles. The minimum Gasteiger partial charge on any atom is -0.493 e. The topological polar surface area (TPSA) is 59.9 Å². The van der Waals surface area contributed by atoms with Crippen molar-refractivity contribution in [3.8, 4) is 11.5 Å². The number of carbonyl (C=O) groups is 1. The Morgan fingerprint density at radius 1 is 1.21 bits per heavy atom. The number of amides is 1. The van der Waals surface area contributed by atoms with Gasteiger partial charge in [-0.05, 0) is 80.8 Å². The van der Waals surface area contributed by atoms with Gasteiger partial charge in [-0.2, -0.15) is 5.10 Å². The summed E-state index contributed by atoms with van der Waals surface area (Å²) in [6, 6.07) is 18.4. The Bertz CT molecular complexity index is 1250. The van der Waals surface area contributed by atoms with Crippen molar-refractivity contribution in [2.24, 2.45) is 22.4 Å². The van der Waals surface area contributed by atoms with Crippen LogP contribution in [0.15, 0.2) is 59.7 Å². The van der Waals surface area contributed by atoms with Crippen LogP contribution in [0, 0.1) is 20.8 Å². The van der Waals surface area contributed by atoms with Crippen molar-refractivity contribution < 1.29 is 14.3 Å². The van der Waals surface area contributed by atoms with Crippen LogP contribution in [0.3, 0.4) is 0 Å². The Balaban J connectivity index is 1.26. The Hall–Kier alpha value is -2.61. The molecule has 2 aliphatic carbocycles. The first-order valence-corrected chi connectivity index (χ1v) is 12.9. The Morgan fingerprint density at radius 3 is 2.82 bits per heavy atom. The molecule has 3 aromatic carbocycles. The molecule has 3 atom stereocenters. The van der Waals surface area contributed by atoms with Crippen molar-refractivity contribution in [3.05, 3.63) is 69.3 Å². The maximum Gasteiger partial charge on any atom is 0.244 e. The van der Waals surface area contributed by atoms with Crippen LogP contribution in [-0.2, 0) is 11.4 Å². The van der Waals surface area contributed by atoms with E-state index in [-0.39, 0.29) is 17.2 Å². The average Bonchev–Trinajstić information content (AvgIpc) is 3.48. The van der Waals surface area contributed by atoms with E-state index in [9.17, 15) is 4.79 Å². The molecule has 5 nitrogen and oxygen atoms in total. The first-order chi connectivity index (χ1) is 16.5. The molecule has 0 bridgehead atoms. The first-order valence-electron chi connectivity index (χ1n) is 11.8. The molecule has 0 aromatic heterocycles. The van der Waals surface area contributed by atoms with Crippen molar-refractivity contribution in [1.82, 2.24) is 5.43 Å². The maximum absolute atomic E-state index is 12.7. The Labute approximate surface area is 214 Å². The molecule has 0 unspecified atom stereocenters. The molecule has 2 saturated carbocycles. The quantitative estimate of drug-likeness (QED) is 0.207. The Kier molecular flexibility index (Phi) is 6.51. The van der Waals surface area contributed by atoms with Crippen LogP contribution in [0.25, 0.3) is 10.8 Å². The molecule has 0 saturated heterocycles. The summed E-state index contributed by atoms with van der Waals surface area (Å²) in [4.78, 5) is 12.7. The summed E-state index contributed by atoms with van der Waals surface area (Å²) in [5.74, 6) is 2.01. The summed E-state index contributed by atoms with van der Waals surface area (Å²) in [5, 5.41) is 6.62. The van der Waals surface area contributed by atoms with Gasteiger partial charge in [0.05, 0.1) is 16.9 Å². The second-order valence-electron chi connectivity index (χ2n) is 9.53. The normalized spacial score (nSPS) is 23.5. The number of ether oxygens (including phenoxy) is 2. The number of halogens is 1. The molecular formula is C28H29IN2O3. The number of hydrazone groups is 1. The lowest BCUT2D eigenvalue weighted by molar-refractivity contribution is -0.123. The van der Waals surface area contributed by atoms with E-state index >= 15 is 0 Å². The zero-order valence-corrected chi connectivity index (χ0v) is 21.7. The van der Waals surface area contributed by atoms with E-state index in [0.29, 0.717) is 24.0 Å². The number of nitrogens with zero attached hydrogens (tertiary/aromatic N) is 1. The number of rotatable bonds is 7. The highest BCUT2D eigenvalue weighted by atomic mass is 127. The lowest BCUT2D eigenvalue weighted by Gasteiger charge is -2.15. The highest BCUT2D eigenvalue weighted by molar-refractivity contribution is 14.1. The van der Waals surface area contributed by atoms with Crippen LogP contribution in [0.5, 0.6) is 11.5 Å². The van der Waals surface area contributed by atoms with Crippen LogP contribution >= 0.6 is 22.6 Å². The molecule has 2 fully saturated rings. The van der Waals surface area contributed by atoms with Crippen molar-refractivity contribution in [1.29, 1.82) is 0 Å². The second kappa shape index (κ2) is 9.56. The van der Waals surface area contributed by atoms with E-state index < -0.39 is 0 Å². The summed E-state index contributed by atoms with van der Waals surface area (Å²) in [6.45, 7) is 2.69. The van der Waals surface area contributed by atoms with Gasteiger partial charge in [0.25, 0.3) is 0 Å². The fourth-order valence-corrected chi connectivity index (χ4v) is 6.39. The molecule has 176 valence electrons. The number of benzene rings is 3. The summed E-state index contributed by atoms with van der Waals surface area (Å²) in [7, 11) is 1.63. The molecule has 0 radical (unpaired) electrons. The van der Waals surface area contributed by atoms with Gasteiger partial charge in [-0.25, -0.2) is 5.43 Å². The number of hydrogen-bond acceptors (Lipinski definition) is 4. The smallest absolute Gasteiger partial charge is 0.244 e. The van der Waals surface area contributed by atoms with Gasteiger partial charge in [0, 0.05) is 5.92 Å². The fourth-order valence-electron chi connectivity index (χ4n) is 5.61. The molecule has 34 heavy (non-hydrogen) atoms. The molecule has 0 aliphatic heterocycles. The molecule has 0 spiro atoms. The van der Waals surface area contributed by atoms with Crippen LogP contribution < -0.4 is 14.9 Å². The molecule has 1 N–H and O–H groups in total. The van der Waals surface area contributed by atoms with Gasteiger partial charge in [-0.1, -0.05) is 62.2 Å². The van der Waals surface area contributed by atoms with Crippen LogP contribution in [0.2, 0.25) is 0 Å². The highest BCUT2D eigenvalue weighted by Crippen LogP contribution is 2.66. The molecule has 1 amide bonds. The first kappa shape index (κ1) is 23.1. The van der Waals surface area contributed by atoms with Gasteiger partial charge in [-0.15, -0.1) is 0 Å². The standard InChI is InChI=1S/C28H29IN2O3/c1-28-13-6-5-12-22(28)25(28)27(32)31-30-16-18-14-23(29)26(24(15-18)33-2)34-17-20-10-7-9-19-8-3-4-11-21(19)20/h3-4,7-11,14-16,22,25H,5-6,12-13,17H2,1-2H3,(H,31,32)/b30-16-/t22-,25+,28-/m1/s1. The maximum atomic E-state index is 12.7. The number of hydrogen-bond donors (Lipinski definition) is 1. The zero-order valence-electron chi connectivity index (χ0n) is 19.5. The van der Waals surface area contributed by atoms with Crippen LogP contribution in [0.1, 0.15) is 43.7 Å². The van der Waals surface area contributed by atoms with Gasteiger partial charge < -0.3 is 9.47 Å². The number of methoxy groups -OCH3 is 1. The largest absolute Gasteiger partial charge is 0.493 e. The third-order valence-electron chi connectivity index (χ3n) is 7.51. The number of nitrogens with one attached hydrogen (secondary N) is 1. The predicted molar refractivity (Wildman–Crippen MR) is 143 cm³/mol. The van der Waals surface area contributed by atoms with E-state index in [1.807, 2.05) is 30.3 Å². The SMILES string of the molecule is COc1cc(/C=N\NC(=O)[C@@H]2[C@H]3CCCC[C@]32C)cc(I)c1OCc1cccc2ccccc12. The minimum absolute atomic E-state index is 0.0438. The fraction of sp³-hybridized carbons (Fsp3) is 0.357. The van der Waals surface area contributed by atoms with Gasteiger partial charge in [0.2, 0.25) is 5.91 Å². The summed E-state index contributed by atoms with van der Waals surface area (Å²) in [5.41, 5.74) is 4.92. The van der Waals surface area contributed by atoms with Crippen molar-refractivity contribution in [3.63, 3.8) is 0 Å². The van der Waals surface area contributed by atoms with Crippen molar-refractivity contribution >= 4 is 45.5 Å². The molecule has 6 heteroatoms. The minimum atomic E-state index is 0.0438. The van der Waals surface area contributed by atoms with E-state index in [4.69, 9.17) is 9.47 Å². The monoisotopic (exact) mass is 568 g/mol. The molecule has 5 rings (SSSR count). The van der Waals surface area contributed by atoms with Gasteiger partial charge in [-0.3, -0.25) is 4.79 Å². The van der Waals surface area contributed by atoms with E-state index in [2.05, 4.69) is 64.3 Å². The van der Waals surface area contributed by atoms with Crippen molar-refractivity contribution in [2.75, 3.05) is 7.11 Å². The molecule has 3 aromatic rings. The van der Waals surface area contributed by atoms with Crippen LogP contribution in [0.4, 0.5) is 0 Å². The third-order valence-corrected chi connectivity index (χ3v) is 8.31. The third kappa shape index (κ3) is 4.40. The van der Waals surface area contributed by atoms with E-state index in [0.717, 1.165) is 27.5 Å². The number of carbonyl (C=O) groups excluding carboxylic acids is 1. The highest BCUT2D eigenvalue weighted by Gasteiger charge is 2.64. The summed E-state index contributed by atoms with van der Waals surface area (Å²) in [6.07, 6.45) is 6.45.